The molecule has 3 N–H and O–H groups in total. The van der Waals surface area contributed by atoms with Gasteiger partial charge in [-0.05, 0) is 65.5 Å². The van der Waals surface area contributed by atoms with Crippen molar-refractivity contribution in [1.29, 1.82) is 0 Å². The van der Waals surface area contributed by atoms with E-state index in [1.165, 1.54) is 31.4 Å². The lowest BCUT2D eigenvalue weighted by Crippen LogP contribution is -2.41. The SMILES string of the molecule is COc1ccccc1/C(Br)=C(\NS(=O)(=O)c1ccc(N)cc1)C(=O)N1CCCCC1. The topological polar surface area (TPSA) is 102 Å². The minimum Gasteiger partial charge on any atom is -0.496 e. The van der Waals surface area contributed by atoms with Crippen LogP contribution in [0.2, 0.25) is 0 Å². The normalized spacial score (nSPS) is 15.3. The van der Waals surface area contributed by atoms with Gasteiger partial charge in [-0.15, -0.1) is 0 Å². The van der Waals surface area contributed by atoms with E-state index in [-0.39, 0.29) is 16.5 Å². The molecular formula is C21H24BrN3O4S. The zero-order valence-corrected chi connectivity index (χ0v) is 19.0. The summed E-state index contributed by atoms with van der Waals surface area (Å²) in [5.74, 6) is 0.131. The van der Waals surface area contributed by atoms with Crippen molar-refractivity contribution >= 4 is 42.0 Å². The molecule has 0 aromatic heterocycles. The van der Waals surface area contributed by atoms with Crippen LogP contribution in [0.4, 0.5) is 5.69 Å². The zero-order chi connectivity index (χ0) is 21.7. The number of carbonyl (C=O) groups is 1. The number of halogens is 1. The van der Waals surface area contributed by atoms with Gasteiger partial charge >= 0.3 is 0 Å². The molecule has 0 unspecified atom stereocenters. The van der Waals surface area contributed by atoms with Gasteiger partial charge in [0.05, 0.1) is 16.5 Å². The summed E-state index contributed by atoms with van der Waals surface area (Å²) in [5.41, 5.74) is 6.63. The summed E-state index contributed by atoms with van der Waals surface area (Å²) in [6.45, 7) is 1.16. The molecule has 30 heavy (non-hydrogen) atoms. The molecule has 2 aromatic rings. The highest BCUT2D eigenvalue weighted by molar-refractivity contribution is 9.15. The first-order valence-corrected chi connectivity index (χ1v) is 11.8. The van der Waals surface area contributed by atoms with Crippen LogP contribution in [0.15, 0.2) is 59.1 Å². The van der Waals surface area contributed by atoms with Crippen LogP contribution in [0.3, 0.4) is 0 Å². The van der Waals surface area contributed by atoms with Gasteiger partial charge in [0.2, 0.25) is 0 Å². The van der Waals surface area contributed by atoms with Crippen LogP contribution in [-0.2, 0) is 14.8 Å². The lowest BCUT2D eigenvalue weighted by molar-refractivity contribution is -0.128. The van der Waals surface area contributed by atoms with E-state index in [9.17, 15) is 13.2 Å². The molecule has 0 saturated carbocycles. The van der Waals surface area contributed by atoms with E-state index in [1.54, 1.807) is 29.2 Å². The predicted molar refractivity (Wildman–Crippen MR) is 120 cm³/mol. The van der Waals surface area contributed by atoms with E-state index >= 15 is 0 Å². The second kappa shape index (κ2) is 9.53. The summed E-state index contributed by atoms with van der Waals surface area (Å²) in [5, 5.41) is 0. The number of nitrogen functional groups attached to an aromatic ring is 1. The highest BCUT2D eigenvalue weighted by Gasteiger charge is 2.28. The number of likely N-dealkylation sites (tertiary alicyclic amines) is 1. The van der Waals surface area contributed by atoms with Crippen molar-refractivity contribution in [2.45, 2.75) is 24.2 Å². The Morgan fingerprint density at radius 3 is 2.33 bits per heavy atom. The van der Waals surface area contributed by atoms with Gasteiger partial charge in [-0.1, -0.05) is 18.2 Å². The Balaban J connectivity index is 2.07. The van der Waals surface area contributed by atoms with Crippen molar-refractivity contribution in [1.82, 2.24) is 9.62 Å². The third kappa shape index (κ3) is 4.96. The molecular weight excluding hydrogens is 470 g/mol. The molecule has 0 radical (unpaired) electrons. The van der Waals surface area contributed by atoms with E-state index in [4.69, 9.17) is 10.5 Å². The lowest BCUT2D eigenvalue weighted by Gasteiger charge is -2.28. The van der Waals surface area contributed by atoms with Gasteiger partial charge in [-0.25, -0.2) is 8.42 Å². The number of sulfonamides is 1. The highest BCUT2D eigenvalue weighted by Crippen LogP contribution is 2.33. The third-order valence-corrected chi connectivity index (χ3v) is 7.04. The van der Waals surface area contributed by atoms with Gasteiger partial charge in [0.15, 0.2) is 0 Å². The molecule has 0 bridgehead atoms. The number of hydrogen-bond acceptors (Lipinski definition) is 5. The monoisotopic (exact) mass is 493 g/mol. The molecule has 1 saturated heterocycles. The van der Waals surface area contributed by atoms with Crippen molar-refractivity contribution in [2.75, 3.05) is 25.9 Å². The molecule has 1 heterocycles. The number of benzene rings is 2. The van der Waals surface area contributed by atoms with Crippen LogP contribution in [0.5, 0.6) is 5.75 Å². The summed E-state index contributed by atoms with van der Waals surface area (Å²) in [7, 11) is -2.50. The smallest absolute Gasteiger partial charge is 0.272 e. The van der Waals surface area contributed by atoms with Gasteiger partial charge in [-0.3, -0.25) is 9.52 Å². The maximum absolute atomic E-state index is 13.3. The van der Waals surface area contributed by atoms with Gasteiger partial charge in [-0.2, -0.15) is 0 Å². The second-order valence-electron chi connectivity index (χ2n) is 6.92. The number of carbonyl (C=O) groups excluding carboxylic acids is 1. The van der Waals surface area contributed by atoms with Crippen LogP contribution >= 0.6 is 15.9 Å². The summed E-state index contributed by atoms with van der Waals surface area (Å²) in [6.07, 6.45) is 2.82. The van der Waals surface area contributed by atoms with Crippen LogP contribution < -0.4 is 15.2 Å². The van der Waals surface area contributed by atoms with Gasteiger partial charge < -0.3 is 15.4 Å². The van der Waals surface area contributed by atoms with Crippen molar-refractivity contribution in [2.24, 2.45) is 0 Å². The molecule has 7 nitrogen and oxygen atoms in total. The third-order valence-electron chi connectivity index (χ3n) is 4.85. The minimum atomic E-state index is -4.01. The minimum absolute atomic E-state index is 0.0148. The molecule has 0 spiro atoms. The van der Waals surface area contributed by atoms with Crippen molar-refractivity contribution in [3.8, 4) is 5.75 Å². The van der Waals surface area contributed by atoms with E-state index in [0.717, 1.165) is 19.3 Å². The number of nitrogens with zero attached hydrogens (tertiary/aromatic N) is 1. The number of piperidine rings is 1. The molecule has 2 aromatic carbocycles. The maximum Gasteiger partial charge on any atom is 0.272 e. The average Bonchev–Trinajstić information content (AvgIpc) is 2.77. The number of rotatable bonds is 6. The van der Waals surface area contributed by atoms with E-state index < -0.39 is 10.0 Å². The zero-order valence-electron chi connectivity index (χ0n) is 16.6. The van der Waals surface area contributed by atoms with Crippen LogP contribution in [-0.4, -0.2) is 39.4 Å². The second-order valence-corrected chi connectivity index (χ2v) is 9.39. The Labute approximate surface area is 185 Å². The van der Waals surface area contributed by atoms with Crippen molar-refractivity contribution < 1.29 is 17.9 Å². The van der Waals surface area contributed by atoms with Gasteiger partial charge in [0.1, 0.15) is 11.4 Å². The molecule has 0 aliphatic carbocycles. The first kappa shape index (κ1) is 22.2. The maximum atomic E-state index is 13.3. The first-order valence-electron chi connectivity index (χ1n) is 9.54. The van der Waals surface area contributed by atoms with E-state index in [1.807, 2.05) is 0 Å². The molecule has 1 amide bonds. The highest BCUT2D eigenvalue weighted by atomic mass is 79.9. The number of nitrogens with two attached hydrogens (primary N) is 1. The van der Waals surface area contributed by atoms with Crippen molar-refractivity contribution in [3.05, 3.63) is 59.8 Å². The number of ether oxygens (including phenoxy) is 1. The molecule has 0 atom stereocenters. The Bertz CT molecular complexity index is 1050. The van der Waals surface area contributed by atoms with Crippen LogP contribution in [0.25, 0.3) is 4.48 Å². The summed E-state index contributed by atoms with van der Waals surface area (Å²) in [6, 6.07) is 12.9. The van der Waals surface area contributed by atoms with Crippen molar-refractivity contribution in [3.63, 3.8) is 0 Å². The number of hydrogen-bond donors (Lipinski definition) is 2. The summed E-state index contributed by atoms with van der Waals surface area (Å²) < 4.78 is 34.2. The summed E-state index contributed by atoms with van der Waals surface area (Å²) >= 11 is 3.45. The largest absolute Gasteiger partial charge is 0.496 e. The fraction of sp³-hybridized carbons (Fsp3) is 0.286. The molecule has 1 fully saturated rings. The number of methoxy groups -OCH3 is 1. The number of para-hydroxylation sites is 1. The number of nitrogens with one attached hydrogen (secondary N) is 1. The van der Waals surface area contributed by atoms with E-state index in [0.29, 0.717) is 34.6 Å². The number of amides is 1. The Morgan fingerprint density at radius 1 is 1.07 bits per heavy atom. The molecule has 1 aliphatic heterocycles. The van der Waals surface area contributed by atoms with Gasteiger partial charge in [0.25, 0.3) is 15.9 Å². The molecule has 9 heteroatoms. The lowest BCUT2D eigenvalue weighted by atomic mass is 10.1. The molecule has 1 aliphatic rings. The summed E-state index contributed by atoms with van der Waals surface area (Å²) in [4.78, 5) is 15.0. The average molecular weight is 494 g/mol. The van der Waals surface area contributed by atoms with Gasteiger partial charge in [0, 0.05) is 24.3 Å². The number of anilines is 1. The Kier molecular flexibility index (Phi) is 7.04. The van der Waals surface area contributed by atoms with E-state index in [2.05, 4.69) is 20.7 Å². The van der Waals surface area contributed by atoms with Crippen LogP contribution in [0.1, 0.15) is 24.8 Å². The quantitative estimate of drug-likeness (QED) is 0.474. The standard InChI is InChI=1S/C21H24BrN3O4S/c1-29-18-8-4-3-7-17(18)19(22)20(21(26)25-13-5-2-6-14-25)24-30(27,28)16-11-9-15(23)10-12-16/h3-4,7-12,24H,2,5-6,13-14,23H2,1H3/b20-19+. The Hall–Kier alpha value is -2.52. The first-order chi connectivity index (χ1) is 14.3. The molecule has 3 rings (SSSR count). The predicted octanol–water partition coefficient (Wildman–Crippen LogP) is 3.33. The fourth-order valence-corrected chi connectivity index (χ4v) is 5.04. The fourth-order valence-electron chi connectivity index (χ4n) is 3.24. The Morgan fingerprint density at radius 2 is 1.70 bits per heavy atom. The molecule has 160 valence electrons. The van der Waals surface area contributed by atoms with Crippen LogP contribution in [0, 0.1) is 0 Å².